The predicted octanol–water partition coefficient (Wildman–Crippen LogP) is 3.05. The Labute approximate surface area is 160 Å². The number of ether oxygens (including phenoxy) is 1. The first-order chi connectivity index (χ1) is 12.3. The van der Waals surface area contributed by atoms with Gasteiger partial charge in [-0.2, -0.15) is 0 Å². The van der Waals surface area contributed by atoms with E-state index in [0.717, 1.165) is 10.0 Å². The highest BCUT2D eigenvalue weighted by molar-refractivity contribution is 9.10. The van der Waals surface area contributed by atoms with Crippen LogP contribution in [0.15, 0.2) is 47.1 Å². The van der Waals surface area contributed by atoms with Crippen LogP contribution in [-0.2, 0) is 16.1 Å². The molecule has 1 aromatic carbocycles. The average Bonchev–Trinajstić information content (AvgIpc) is 2.61. The van der Waals surface area contributed by atoms with Gasteiger partial charge in [-0.05, 0) is 50.6 Å². The van der Waals surface area contributed by atoms with Gasteiger partial charge in [0.25, 0.3) is 17.4 Å². The molecule has 6 nitrogen and oxygen atoms in total. The number of amides is 2. The normalized spacial score (nSPS) is 19.1. The molecule has 2 amide bonds. The zero-order valence-corrected chi connectivity index (χ0v) is 16.4. The molecule has 1 aliphatic rings. The summed E-state index contributed by atoms with van der Waals surface area (Å²) in [5.41, 5.74) is -0.716. The van der Waals surface area contributed by atoms with Crippen molar-refractivity contribution >= 4 is 33.6 Å². The summed E-state index contributed by atoms with van der Waals surface area (Å²) in [5, 5.41) is 2.80. The highest BCUT2D eigenvalue weighted by Crippen LogP contribution is 2.37. The molecule has 1 N–H and O–H groups in total. The Morgan fingerprint density at radius 2 is 2.00 bits per heavy atom. The second-order valence-electron chi connectivity index (χ2n) is 6.54. The average molecular weight is 418 g/mol. The van der Waals surface area contributed by atoms with Crippen LogP contribution in [0.5, 0.6) is 5.75 Å². The van der Waals surface area contributed by atoms with Crippen LogP contribution in [0, 0.1) is 0 Å². The molecule has 26 heavy (non-hydrogen) atoms. The number of carbonyl (C=O) groups excluding carboxylic acids is 2. The number of hydrogen-bond acceptors (Lipinski definition) is 4. The molecule has 0 bridgehead atoms. The maximum atomic E-state index is 13.0. The van der Waals surface area contributed by atoms with Crippen LogP contribution in [-0.4, -0.2) is 28.4 Å². The molecule has 1 atom stereocenters. The fraction of sp³-hybridized carbons (Fsp3) is 0.316. The standard InChI is InChI=1S/C19H20BrN3O3/c1-12(2)23-16-15(5-4-10-21-16)26-19(3,18(23)25)17(24)22-11-13-6-8-14(20)9-7-13/h4-10,12H,11H2,1-3H3,(H,22,24)/t19-/m1/s1. The van der Waals surface area contributed by atoms with E-state index in [0.29, 0.717) is 18.1 Å². The van der Waals surface area contributed by atoms with E-state index in [1.54, 1.807) is 18.3 Å². The van der Waals surface area contributed by atoms with Crippen molar-refractivity contribution in [2.75, 3.05) is 4.90 Å². The van der Waals surface area contributed by atoms with Crippen molar-refractivity contribution in [2.45, 2.75) is 39.0 Å². The number of aromatic nitrogens is 1. The summed E-state index contributed by atoms with van der Waals surface area (Å²) in [4.78, 5) is 31.6. The van der Waals surface area contributed by atoms with E-state index >= 15 is 0 Å². The zero-order valence-electron chi connectivity index (χ0n) is 14.8. The Kier molecular flexibility index (Phi) is 5.00. The van der Waals surface area contributed by atoms with E-state index in [2.05, 4.69) is 26.2 Å². The fourth-order valence-electron chi connectivity index (χ4n) is 2.81. The first-order valence-electron chi connectivity index (χ1n) is 8.33. The molecular weight excluding hydrogens is 398 g/mol. The van der Waals surface area contributed by atoms with Crippen LogP contribution in [0.4, 0.5) is 5.82 Å². The topological polar surface area (TPSA) is 71.5 Å². The summed E-state index contributed by atoms with van der Waals surface area (Å²) in [7, 11) is 0. The number of carbonyl (C=O) groups is 2. The molecule has 7 heteroatoms. The molecule has 1 aliphatic heterocycles. The van der Waals surface area contributed by atoms with E-state index in [9.17, 15) is 9.59 Å². The maximum Gasteiger partial charge on any atom is 0.282 e. The monoisotopic (exact) mass is 417 g/mol. The summed E-state index contributed by atoms with van der Waals surface area (Å²) in [6.07, 6.45) is 1.60. The molecule has 3 rings (SSSR count). The second kappa shape index (κ2) is 7.07. The number of halogens is 1. The summed E-state index contributed by atoms with van der Waals surface area (Å²) < 4.78 is 6.77. The molecule has 0 saturated heterocycles. The molecule has 0 aliphatic carbocycles. The molecule has 0 unspecified atom stereocenters. The number of anilines is 1. The highest BCUT2D eigenvalue weighted by Gasteiger charge is 2.51. The Balaban J connectivity index is 1.84. The minimum Gasteiger partial charge on any atom is -0.464 e. The van der Waals surface area contributed by atoms with Crippen LogP contribution in [0.3, 0.4) is 0 Å². The molecule has 0 fully saturated rings. The first-order valence-corrected chi connectivity index (χ1v) is 9.12. The lowest BCUT2D eigenvalue weighted by Gasteiger charge is -2.40. The van der Waals surface area contributed by atoms with Crippen molar-refractivity contribution < 1.29 is 14.3 Å². The molecule has 0 spiro atoms. The number of pyridine rings is 1. The third kappa shape index (κ3) is 3.31. The maximum absolute atomic E-state index is 13.0. The fourth-order valence-corrected chi connectivity index (χ4v) is 3.07. The third-order valence-electron chi connectivity index (χ3n) is 4.24. The third-order valence-corrected chi connectivity index (χ3v) is 4.76. The van der Waals surface area contributed by atoms with Gasteiger partial charge in [0.05, 0.1) is 0 Å². The number of nitrogens with zero attached hydrogens (tertiary/aromatic N) is 2. The van der Waals surface area contributed by atoms with Crippen molar-refractivity contribution in [3.8, 4) is 5.75 Å². The number of rotatable bonds is 4. The molecule has 2 aromatic rings. The first kappa shape index (κ1) is 18.4. The van der Waals surface area contributed by atoms with E-state index in [1.807, 2.05) is 38.1 Å². The van der Waals surface area contributed by atoms with Gasteiger partial charge >= 0.3 is 0 Å². The summed E-state index contributed by atoms with van der Waals surface area (Å²) in [6, 6.07) is 10.9. The second-order valence-corrected chi connectivity index (χ2v) is 7.45. The smallest absolute Gasteiger partial charge is 0.282 e. The quantitative estimate of drug-likeness (QED) is 0.775. The Morgan fingerprint density at radius 3 is 2.65 bits per heavy atom. The Bertz CT molecular complexity index is 838. The van der Waals surface area contributed by atoms with E-state index in [-0.39, 0.29) is 6.04 Å². The largest absolute Gasteiger partial charge is 0.464 e. The molecule has 0 saturated carbocycles. The number of fused-ring (bicyclic) bond motifs is 1. The van der Waals surface area contributed by atoms with Crippen molar-refractivity contribution in [3.05, 3.63) is 52.6 Å². The highest BCUT2D eigenvalue weighted by atomic mass is 79.9. The number of hydrogen-bond donors (Lipinski definition) is 1. The van der Waals surface area contributed by atoms with Crippen LogP contribution in [0.1, 0.15) is 26.3 Å². The van der Waals surface area contributed by atoms with Gasteiger partial charge in [-0.1, -0.05) is 28.1 Å². The summed E-state index contributed by atoms with van der Waals surface area (Å²) in [6.45, 7) is 5.56. The molecule has 2 heterocycles. The van der Waals surface area contributed by atoms with Crippen molar-refractivity contribution in [1.82, 2.24) is 10.3 Å². The Hall–Kier alpha value is -2.41. The van der Waals surface area contributed by atoms with Crippen molar-refractivity contribution in [3.63, 3.8) is 0 Å². The van der Waals surface area contributed by atoms with Crippen LogP contribution >= 0.6 is 15.9 Å². The lowest BCUT2D eigenvalue weighted by Crippen LogP contribution is -2.63. The van der Waals surface area contributed by atoms with Crippen molar-refractivity contribution in [1.29, 1.82) is 0 Å². The van der Waals surface area contributed by atoms with Gasteiger partial charge in [-0.25, -0.2) is 4.98 Å². The van der Waals surface area contributed by atoms with Gasteiger partial charge in [0.1, 0.15) is 0 Å². The minimum atomic E-state index is -1.64. The molecule has 136 valence electrons. The predicted molar refractivity (Wildman–Crippen MR) is 102 cm³/mol. The molecule has 0 radical (unpaired) electrons. The summed E-state index contributed by atoms with van der Waals surface area (Å²) >= 11 is 3.38. The SMILES string of the molecule is CC(C)N1C(=O)[C@@](C)(C(=O)NCc2ccc(Br)cc2)Oc2cccnc21. The lowest BCUT2D eigenvalue weighted by molar-refractivity contribution is -0.148. The van der Waals surface area contributed by atoms with Crippen LogP contribution < -0.4 is 15.0 Å². The van der Waals surface area contributed by atoms with E-state index in [1.165, 1.54) is 11.8 Å². The number of benzene rings is 1. The van der Waals surface area contributed by atoms with Crippen molar-refractivity contribution in [2.24, 2.45) is 0 Å². The lowest BCUT2D eigenvalue weighted by atomic mass is 9.99. The van der Waals surface area contributed by atoms with Gasteiger partial charge in [0.2, 0.25) is 0 Å². The van der Waals surface area contributed by atoms with Crippen LogP contribution in [0.2, 0.25) is 0 Å². The van der Waals surface area contributed by atoms with Gasteiger partial charge < -0.3 is 10.1 Å². The molecule has 1 aromatic heterocycles. The Morgan fingerprint density at radius 1 is 1.31 bits per heavy atom. The summed E-state index contributed by atoms with van der Waals surface area (Å²) in [5.74, 6) is -0.0506. The van der Waals surface area contributed by atoms with E-state index < -0.39 is 17.4 Å². The zero-order chi connectivity index (χ0) is 18.9. The van der Waals surface area contributed by atoms with Gasteiger partial charge in [0, 0.05) is 23.3 Å². The minimum absolute atomic E-state index is 0.154. The number of nitrogens with one attached hydrogen (secondary N) is 1. The van der Waals surface area contributed by atoms with Gasteiger partial charge in [-0.15, -0.1) is 0 Å². The van der Waals surface area contributed by atoms with Crippen LogP contribution in [0.25, 0.3) is 0 Å². The van der Waals surface area contributed by atoms with E-state index in [4.69, 9.17) is 4.74 Å². The molecular formula is C19H20BrN3O3. The van der Waals surface area contributed by atoms with Gasteiger partial charge in [0.15, 0.2) is 11.6 Å². The van der Waals surface area contributed by atoms with Gasteiger partial charge in [-0.3, -0.25) is 14.5 Å².